The minimum Gasteiger partial charge on any atom is -0.490 e. The van der Waals surface area contributed by atoms with Gasteiger partial charge in [0.25, 0.3) is 5.91 Å². The molecule has 132 valence electrons. The average Bonchev–Trinajstić information content (AvgIpc) is 2.60. The molecule has 0 aromatic heterocycles. The number of para-hydroxylation sites is 1. The number of carboxylic acids is 1. The van der Waals surface area contributed by atoms with E-state index < -0.39 is 11.9 Å². The molecule has 0 spiro atoms. The van der Waals surface area contributed by atoms with Crippen LogP contribution in [-0.4, -0.2) is 23.1 Å². The monoisotopic (exact) mass is 350 g/mol. The third-order valence-electron chi connectivity index (χ3n) is 3.34. The molecule has 6 heteroatoms. The van der Waals surface area contributed by atoms with Crippen LogP contribution >= 0.6 is 0 Å². The fourth-order valence-corrected chi connectivity index (χ4v) is 2.16. The standard InChI is InChI=1S/C20H18N2O4/c1-13(2)26-18-6-4-3-5-15(18)11-16(12-21)19(23)22-17-9-7-14(8-10-17)20(24)25/h3-11,13H,1-2H3,(H,22,23)(H,24,25)/b16-11+. The molecule has 0 atom stereocenters. The van der Waals surface area contributed by atoms with Crippen molar-refractivity contribution in [1.29, 1.82) is 5.26 Å². The first-order valence-corrected chi connectivity index (χ1v) is 7.93. The first-order chi connectivity index (χ1) is 12.4. The van der Waals surface area contributed by atoms with Gasteiger partial charge in [-0.25, -0.2) is 4.79 Å². The van der Waals surface area contributed by atoms with E-state index in [1.54, 1.807) is 18.2 Å². The Hall–Kier alpha value is -3.59. The molecule has 1 amide bonds. The minimum atomic E-state index is -1.05. The van der Waals surface area contributed by atoms with E-state index in [4.69, 9.17) is 9.84 Å². The van der Waals surface area contributed by atoms with Gasteiger partial charge in [-0.15, -0.1) is 0 Å². The van der Waals surface area contributed by atoms with E-state index in [1.807, 2.05) is 26.0 Å². The maximum atomic E-state index is 12.3. The Morgan fingerprint density at radius 3 is 2.38 bits per heavy atom. The summed E-state index contributed by atoms with van der Waals surface area (Å²) in [4.78, 5) is 23.2. The van der Waals surface area contributed by atoms with E-state index in [9.17, 15) is 14.9 Å². The highest BCUT2D eigenvalue weighted by Crippen LogP contribution is 2.22. The van der Waals surface area contributed by atoms with Gasteiger partial charge in [0.15, 0.2) is 0 Å². The topological polar surface area (TPSA) is 99.4 Å². The number of nitrogens with zero attached hydrogens (tertiary/aromatic N) is 1. The van der Waals surface area contributed by atoms with Crippen molar-refractivity contribution >= 4 is 23.6 Å². The quantitative estimate of drug-likeness (QED) is 0.611. The lowest BCUT2D eigenvalue weighted by Gasteiger charge is -2.12. The number of benzene rings is 2. The third kappa shape index (κ3) is 4.95. The first kappa shape index (κ1) is 18.7. The molecule has 0 saturated heterocycles. The molecule has 0 aliphatic carbocycles. The van der Waals surface area contributed by atoms with E-state index in [2.05, 4.69) is 5.32 Å². The Morgan fingerprint density at radius 1 is 1.15 bits per heavy atom. The second-order valence-electron chi connectivity index (χ2n) is 5.71. The average molecular weight is 350 g/mol. The molecule has 0 fully saturated rings. The van der Waals surface area contributed by atoms with Crippen molar-refractivity contribution in [2.45, 2.75) is 20.0 Å². The fraction of sp³-hybridized carbons (Fsp3) is 0.150. The van der Waals surface area contributed by atoms with Gasteiger partial charge in [0.05, 0.1) is 11.7 Å². The van der Waals surface area contributed by atoms with Gasteiger partial charge in [-0.1, -0.05) is 18.2 Å². The highest BCUT2D eigenvalue weighted by Gasteiger charge is 2.12. The Bertz CT molecular complexity index is 877. The van der Waals surface area contributed by atoms with Crippen LogP contribution in [0.1, 0.15) is 29.8 Å². The number of anilines is 1. The summed E-state index contributed by atoms with van der Waals surface area (Å²) < 4.78 is 5.68. The predicted molar refractivity (Wildman–Crippen MR) is 97.8 cm³/mol. The third-order valence-corrected chi connectivity index (χ3v) is 3.34. The highest BCUT2D eigenvalue weighted by molar-refractivity contribution is 6.10. The van der Waals surface area contributed by atoms with Crippen molar-refractivity contribution in [3.8, 4) is 11.8 Å². The Kier molecular flexibility index (Phi) is 6.12. The molecule has 0 aliphatic heterocycles. The number of amides is 1. The van der Waals surface area contributed by atoms with Gasteiger partial charge in [-0.05, 0) is 50.3 Å². The van der Waals surface area contributed by atoms with Crippen molar-refractivity contribution in [2.75, 3.05) is 5.32 Å². The van der Waals surface area contributed by atoms with E-state index in [-0.39, 0.29) is 17.2 Å². The second kappa shape index (κ2) is 8.49. The van der Waals surface area contributed by atoms with Gasteiger partial charge in [0.2, 0.25) is 0 Å². The van der Waals surface area contributed by atoms with Gasteiger partial charge in [-0.3, -0.25) is 4.79 Å². The van der Waals surface area contributed by atoms with E-state index in [0.717, 1.165) is 0 Å². The zero-order valence-corrected chi connectivity index (χ0v) is 14.4. The van der Waals surface area contributed by atoms with Gasteiger partial charge in [0.1, 0.15) is 17.4 Å². The maximum absolute atomic E-state index is 12.3. The number of hydrogen-bond acceptors (Lipinski definition) is 4. The predicted octanol–water partition coefficient (Wildman–Crippen LogP) is 3.72. The molecular formula is C20H18N2O4. The van der Waals surface area contributed by atoms with E-state index in [1.165, 1.54) is 30.3 Å². The number of carboxylic acid groups (broad SMARTS) is 1. The van der Waals surface area contributed by atoms with Crippen LogP contribution in [0.3, 0.4) is 0 Å². The number of ether oxygens (including phenoxy) is 1. The Morgan fingerprint density at radius 2 is 1.81 bits per heavy atom. The van der Waals surface area contributed by atoms with Crippen LogP contribution in [0.2, 0.25) is 0 Å². The van der Waals surface area contributed by atoms with Gasteiger partial charge < -0.3 is 15.2 Å². The maximum Gasteiger partial charge on any atom is 0.335 e. The molecule has 26 heavy (non-hydrogen) atoms. The molecular weight excluding hydrogens is 332 g/mol. The Labute approximate surface area is 151 Å². The summed E-state index contributed by atoms with van der Waals surface area (Å²) in [6.45, 7) is 3.78. The minimum absolute atomic E-state index is 0.0448. The fourth-order valence-electron chi connectivity index (χ4n) is 2.16. The number of hydrogen-bond donors (Lipinski definition) is 2. The van der Waals surface area contributed by atoms with Crippen LogP contribution in [0, 0.1) is 11.3 Å². The van der Waals surface area contributed by atoms with Gasteiger partial charge in [-0.2, -0.15) is 5.26 Å². The molecule has 0 radical (unpaired) electrons. The number of nitriles is 1. The molecule has 6 nitrogen and oxygen atoms in total. The Balaban J connectivity index is 2.22. The van der Waals surface area contributed by atoms with Gasteiger partial charge >= 0.3 is 5.97 Å². The van der Waals surface area contributed by atoms with Gasteiger partial charge in [0, 0.05) is 11.3 Å². The summed E-state index contributed by atoms with van der Waals surface area (Å²) >= 11 is 0. The number of carbonyl (C=O) groups excluding carboxylic acids is 1. The van der Waals surface area contributed by atoms with Crippen LogP contribution in [-0.2, 0) is 4.79 Å². The lowest BCUT2D eigenvalue weighted by molar-refractivity contribution is -0.112. The van der Waals surface area contributed by atoms with Crippen LogP contribution in [0.15, 0.2) is 54.1 Å². The van der Waals surface area contributed by atoms with Crippen LogP contribution < -0.4 is 10.1 Å². The lowest BCUT2D eigenvalue weighted by Crippen LogP contribution is -2.14. The molecule has 2 aromatic rings. The summed E-state index contributed by atoms with van der Waals surface area (Å²) in [6, 6.07) is 14.7. The first-order valence-electron chi connectivity index (χ1n) is 7.93. The summed E-state index contributed by atoms with van der Waals surface area (Å²) in [6.07, 6.45) is 1.41. The number of nitrogens with one attached hydrogen (secondary N) is 1. The van der Waals surface area contributed by atoms with Crippen LogP contribution in [0.4, 0.5) is 5.69 Å². The number of aromatic carboxylic acids is 1. The highest BCUT2D eigenvalue weighted by atomic mass is 16.5. The smallest absolute Gasteiger partial charge is 0.335 e. The summed E-state index contributed by atoms with van der Waals surface area (Å²) in [5.74, 6) is -1.06. The summed E-state index contributed by atoms with van der Waals surface area (Å²) in [5, 5.41) is 20.8. The van der Waals surface area contributed by atoms with Crippen molar-refractivity contribution in [2.24, 2.45) is 0 Å². The molecule has 0 heterocycles. The van der Waals surface area contributed by atoms with Crippen molar-refractivity contribution in [1.82, 2.24) is 0 Å². The molecule has 2 aromatic carbocycles. The van der Waals surface area contributed by atoms with Crippen LogP contribution in [0.25, 0.3) is 6.08 Å². The normalized spacial score (nSPS) is 10.9. The van der Waals surface area contributed by atoms with Crippen molar-refractivity contribution in [3.05, 3.63) is 65.2 Å². The van der Waals surface area contributed by atoms with E-state index in [0.29, 0.717) is 17.0 Å². The van der Waals surface area contributed by atoms with Crippen molar-refractivity contribution in [3.63, 3.8) is 0 Å². The largest absolute Gasteiger partial charge is 0.490 e. The SMILES string of the molecule is CC(C)Oc1ccccc1/C=C(\C#N)C(=O)Nc1ccc(C(=O)O)cc1. The zero-order chi connectivity index (χ0) is 19.1. The molecule has 0 aliphatic rings. The number of carbonyl (C=O) groups is 2. The lowest BCUT2D eigenvalue weighted by atomic mass is 10.1. The number of rotatable bonds is 6. The molecule has 0 saturated carbocycles. The van der Waals surface area contributed by atoms with Crippen LogP contribution in [0.5, 0.6) is 5.75 Å². The zero-order valence-electron chi connectivity index (χ0n) is 14.4. The summed E-state index contributed by atoms with van der Waals surface area (Å²) in [7, 11) is 0. The second-order valence-corrected chi connectivity index (χ2v) is 5.71. The molecule has 2 N–H and O–H groups in total. The summed E-state index contributed by atoms with van der Waals surface area (Å²) in [5.41, 5.74) is 1.04. The molecule has 0 unspecified atom stereocenters. The molecule has 2 rings (SSSR count). The molecule has 0 bridgehead atoms. The van der Waals surface area contributed by atoms with E-state index >= 15 is 0 Å². The van der Waals surface area contributed by atoms with Crippen molar-refractivity contribution < 1.29 is 19.4 Å².